The molecular formula is C20H22N4OS. The van der Waals surface area contributed by atoms with Crippen molar-refractivity contribution in [1.29, 1.82) is 0 Å². The monoisotopic (exact) mass is 366 g/mol. The van der Waals surface area contributed by atoms with E-state index in [9.17, 15) is 4.79 Å². The molecule has 5 nitrogen and oxygen atoms in total. The molecule has 2 aromatic heterocycles. The highest BCUT2D eigenvalue weighted by Gasteiger charge is 2.25. The topological polar surface area (TPSA) is 50.2 Å². The summed E-state index contributed by atoms with van der Waals surface area (Å²) in [5, 5.41) is 4.99. The van der Waals surface area contributed by atoms with Crippen molar-refractivity contribution < 1.29 is 4.79 Å². The molecule has 0 saturated carbocycles. The lowest BCUT2D eigenvalue weighted by Crippen LogP contribution is -2.30. The lowest BCUT2D eigenvalue weighted by atomic mass is 10.1. The Morgan fingerprint density at radius 1 is 1.23 bits per heavy atom. The number of hydrogen-bond donors (Lipinski definition) is 1. The third kappa shape index (κ3) is 3.57. The predicted octanol–water partition coefficient (Wildman–Crippen LogP) is 2.97. The van der Waals surface area contributed by atoms with Crippen molar-refractivity contribution >= 4 is 17.2 Å². The third-order valence-electron chi connectivity index (χ3n) is 4.79. The summed E-state index contributed by atoms with van der Waals surface area (Å²) in [6.45, 7) is 3.23. The van der Waals surface area contributed by atoms with E-state index in [-0.39, 0.29) is 5.91 Å². The Bertz CT molecular complexity index is 886. The minimum atomic E-state index is -0.107. The number of carbonyl (C=O) groups is 1. The lowest BCUT2D eigenvalue weighted by Gasteiger charge is -2.26. The zero-order chi connectivity index (χ0) is 17.9. The van der Waals surface area contributed by atoms with Gasteiger partial charge in [-0.1, -0.05) is 36.4 Å². The van der Waals surface area contributed by atoms with Crippen molar-refractivity contribution in [3.8, 4) is 0 Å². The van der Waals surface area contributed by atoms with Gasteiger partial charge < -0.3 is 9.88 Å². The minimum Gasteiger partial charge on any atom is -0.344 e. The van der Waals surface area contributed by atoms with Crippen LogP contribution in [0.4, 0.5) is 0 Å². The van der Waals surface area contributed by atoms with Crippen molar-refractivity contribution in [2.24, 2.45) is 7.05 Å². The summed E-state index contributed by atoms with van der Waals surface area (Å²) in [4.78, 5) is 20.7. The van der Waals surface area contributed by atoms with Crippen molar-refractivity contribution in [1.82, 2.24) is 19.8 Å². The summed E-state index contributed by atoms with van der Waals surface area (Å²) in [7, 11) is 1.94. The molecule has 3 heterocycles. The number of nitrogens with one attached hydrogen (secondary N) is 1. The Labute approximate surface area is 157 Å². The molecule has 3 aromatic rings. The Kier molecular flexibility index (Phi) is 4.86. The quantitative estimate of drug-likeness (QED) is 0.755. The van der Waals surface area contributed by atoms with E-state index in [1.54, 1.807) is 11.3 Å². The van der Waals surface area contributed by atoms with Crippen LogP contribution in [-0.2, 0) is 33.1 Å². The number of nitrogens with zero attached hydrogens (tertiary/aromatic N) is 3. The maximum atomic E-state index is 12.5. The second-order valence-electron chi connectivity index (χ2n) is 6.60. The van der Waals surface area contributed by atoms with E-state index in [1.165, 1.54) is 11.3 Å². The number of aromatic nitrogens is 2. The van der Waals surface area contributed by atoms with Crippen LogP contribution in [0.5, 0.6) is 0 Å². The molecule has 1 N–H and O–H groups in total. The van der Waals surface area contributed by atoms with Crippen LogP contribution in [0, 0.1) is 0 Å². The number of imidazole rings is 1. The number of fused-ring (bicyclic) bond motifs is 1. The van der Waals surface area contributed by atoms with Crippen LogP contribution in [0.1, 0.15) is 32.4 Å². The van der Waals surface area contributed by atoms with Crippen molar-refractivity contribution in [2.75, 3.05) is 6.54 Å². The van der Waals surface area contributed by atoms with Crippen molar-refractivity contribution in [2.45, 2.75) is 26.1 Å². The first-order valence-electron chi connectivity index (χ1n) is 8.82. The Balaban J connectivity index is 1.44. The molecule has 0 radical (unpaired) electrons. The predicted molar refractivity (Wildman–Crippen MR) is 103 cm³/mol. The van der Waals surface area contributed by atoms with Gasteiger partial charge >= 0.3 is 0 Å². The second kappa shape index (κ2) is 7.43. The number of thiophene rings is 1. The summed E-state index contributed by atoms with van der Waals surface area (Å²) in [5.74, 6) is 0.401. The zero-order valence-electron chi connectivity index (χ0n) is 14.8. The zero-order valence-corrected chi connectivity index (χ0v) is 15.6. The van der Waals surface area contributed by atoms with E-state index in [0.29, 0.717) is 12.4 Å². The summed E-state index contributed by atoms with van der Waals surface area (Å²) < 4.78 is 1.96. The standard InChI is InChI=1S/C20H22N4OS/c1-23-18-9-10-24(13-15-6-3-2-4-7-15)14-17(18)22-19(23)20(25)21-12-16-8-5-11-26-16/h2-8,11H,9-10,12-14H2,1H3,(H,21,25). The molecule has 26 heavy (non-hydrogen) atoms. The molecule has 0 saturated heterocycles. The van der Waals surface area contributed by atoms with Gasteiger partial charge in [-0.05, 0) is 17.0 Å². The van der Waals surface area contributed by atoms with Gasteiger partial charge in [0.15, 0.2) is 5.82 Å². The first-order chi connectivity index (χ1) is 12.7. The highest BCUT2D eigenvalue weighted by Crippen LogP contribution is 2.21. The van der Waals surface area contributed by atoms with Crippen molar-refractivity contribution in [3.05, 3.63) is 75.5 Å². The van der Waals surface area contributed by atoms with Crippen LogP contribution >= 0.6 is 11.3 Å². The Hall–Kier alpha value is -2.44. The smallest absolute Gasteiger partial charge is 0.287 e. The van der Waals surface area contributed by atoms with Gasteiger partial charge in [0.05, 0.1) is 12.2 Å². The fourth-order valence-corrected chi connectivity index (χ4v) is 4.07. The molecule has 1 aliphatic heterocycles. The molecule has 1 amide bonds. The van der Waals surface area contributed by atoms with E-state index in [1.807, 2.05) is 35.2 Å². The second-order valence-corrected chi connectivity index (χ2v) is 7.63. The van der Waals surface area contributed by atoms with E-state index in [2.05, 4.69) is 39.5 Å². The van der Waals surface area contributed by atoms with Crippen molar-refractivity contribution in [3.63, 3.8) is 0 Å². The minimum absolute atomic E-state index is 0.107. The van der Waals surface area contributed by atoms with Crippen LogP contribution in [0.2, 0.25) is 0 Å². The van der Waals surface area contributed by atoms with Gasteiger partial charge in [0.2, 0.25) is 0 Å². The Morgan fingerprint density at radius 2 is 2.08 bits per heavy atom. The van der Waals surface area contributed by atoms with Crippen LogP contribution in [0.15, 0.2) is 47.8 Å². The number of amides is 1. The van der Waals surface area contributed by atoms with E-state index in [0.717, 1.165) is 36.6 Å². The molecule has 0 spiro atoms. The average Bonchev–Trinajstić information content (AvgIpc) is 3.29. The maximum Gasteiger partial charge on any atom is 0.287 e. The van der Waals surface area contributed by atoms with Gasteiger partial charge in [-0.25, -0.2) is 4.98 Å². The van der Waals surface area contributed by atoms with Gasteiger partial charge in [-0.2, -0.15) is 0 Å². The molecule has 4 rings (SSSR count). The largest absolute Gasteiger partial charge is 0.344 e. The lowest BCUT2D eigenvalue weighted by molar-refractivity contribution is 0.0937. The Morgan fingerprint density at radius 3 is 2.85 bits per heavy atom. The molecule has 0 bridgehead atoms. The highest BCUT2D eigenvalue weighted by atomic mass is 32.1. The molecular weight excluding hydrogens is 344 g/mol. The summed E-state index contributed by atoms with van der Waals surface area (Å²) >= 11 is 1.64. The molecule has 0 fully saturated rings. The molecule has 134 valence electrons. The molecule has 1 aromatic carbocycles. The molecule has 1 aliphatic rings. The van der Waals surface area contributed by atoms with Crippen LogP contribution in [0.25, 0.3) is 0 Å². The fraction of sp³-hybridized carbons (Fsp3) is 0.300. The van der Waals surface area contributed by atoms with Gasteiger partial charge in [0.1, 0.15) is 0 Å². The molecule has 6 heteroatoms. The third-order valence-corrected chi connectivity index (χ3v) is 5.67. The number of hydrogen-bond acceptors (Lipinski definition) is 4. The van der Waals surface area contributed by atoms with Gasteiger partial charge in [0.25, 0.3) is 5.91 Å². The van der Waals surface area contributed by atoms with Gasteiger partial charge in [0, 0.05) is 43.7 Å². The van der Waals surface area contributed by atoms with Gasteiger partial charge in [-0.3, -0.25) is 9.69 Å². The van der Waals surface area contributed by atoms with Crippen LogP contribution < -0.4 is 5.32 Å². The van der Waals surface area contributed by atoms with Crippen LogP contribution in [-0.4, -0.2) is 26.9 Å². The molecule has 0 aliphatic carbocycles. The molecule has 0 unspecified atom stereocenters. The normalized spacial score (nSPS) is 14.2. The highest BCUT2D eigenvalue weighted by molar-refractivity contribution is 7.09. The summed E-state index contributed by atoms with van der Waals surface area (Å²) in [6, 6.07) is 14.5. The maximum absolute atomic E-state index is 12.5. The average molecular weight is 366 g/mol. The molecule has 0 atom stereocenters. The SMILES string of the molecule is Cn1c(C(=O)NCc2cccs2)nc2c1CCN(Cc1ccccc1)C2. The summed E-state index contributed by atoms with van der Waals surface area (Å²) in [6.07, 6.45) is 0.921. The van der Waals surface area contributed by atoms with Gasteiger partial charge in [-0.15, -0.1) is 11.3 Å². The first kappa shape index (κ1) is 17.0. The first-order valence-corrected chi connectivity index (χ1v) is 9.70. The number of carbonyl (C=O) groups excluding carboxylic acids is 1. The number of rotatable bonds is 5. The summed E-state index contributed by atoms with van der Waals surface area (Å²) in [5.41, 5.74) is 3.51. The fourth-order valence-electron chi connectivity index (χ4n) is 3.42. The number of benzene rings is 1. The van der Waals surface area contributed by atoms with E-state index < -0.39 is 0 Å². The van der Waals surface area contributed by atoms with Crippen LogP contribution in [0.3, 0.4) is 0 Å². The van der Waals surface area contributed by atoms with E-state index in [4.69, 9.17) is 0 Å². The van der Waals surface area contributed by atoms with E-state index >= 15 is 0 Å².